The van der Waals surface area contributed by atoms with Gasteiger partial charge in [-0.1, -0.05) is 6.92 Å². The predicted octanol–water partition coefficient (Wildman–Crippen LogP) is 3.32. The average Bonchev–Trinajstić information content (AvgIpc) is 3.61. The van der Waals surface area contributed by atoms with Crippen molar-refractivity contribution in [3.8, 4) is 5.75 Å². The Hall–Kier alpha value is -2.82. The van der Waals surface area contributed by atoms with Gasteiger partial charge in [0.2, 0.25) is 11.8 Å². The Kier molecular flexibility index (Phi) is 8.30. The third-order valence-electron chi connectivity index (χ3n) is 6.30. The number of ether oxygens (including phenoxy) is 2. The van der Waals surface area contributed by atoms with Gasteiger partial charge in [0.25, 0.3) is 5.91 Å². The van der Waals surface area contributed by atoms with E-state index in [1.165, 1.54) is 23.1 Å². The van der Waals surface area contributed by atoms with Crippen molar-refractivity contribution in [2.24, 2.45) is 11.8 Å². The third kappa shape index (κ3) is 7.09. The topological polar surface area (TPSA) is 88.2 Å². The first-order chi connectivity index (χ1) is 16.4. The molecule has 35 heavy (non-hydrogen) atoms. The number of fused-ring (bicyclic) bond motifs is 1. The van der Waals surface area contributed by atoms with E-state index in [9.17, 15) is 27.6 Å². The summed E-state index contributed by atoms with van der Waals surface area (Å²) >= 11 is 0. The zero-order valence-electron chi connectivity index (χ0n) is 20.4. The fraction of sp³-hybridized carbons (Fsp3) is 0.625. The molecule has 194 valence electrons. The van der Waals surface area contributed by atoms with Gasteiger partial charge in [-0.05, 0) is 31.9 Å². The number of nitrogens with zero attached hydrogens (tertiary/aromatic N) is 2. The Balaban J connectivity index is 1.91. The molecule has 0 bridgehead atoms. The fourth-order valence-electron chi connectivity index (χ4n) is 4.11. The molecule has 1 aromatic carbocycles. The van der Waals surface area contributed by atoms with Crippen LogP contribution in [-0.2, 0) is 14.3 Å². The number of benzene rings is 1. The summed E-state index contributed by atoms with van der Waals surface area (Å²) in [6.07, 6.45) is -4.88. The molecule has 0 radical (unpaired) electrons. The largest absolute Gasteiger partial charge is 0.491 e. The standard InChI is InChI=1S/C24H32F3N3O5/c1-14-11-30(22(32)16-5-6-16)15(2)13-35-19-9-17(28-21(31)10-24(25,26)27)7-8-18(19)23(33)29(3)12-20(14)34-4/h7-9,14-16,20H,5-6,10-13H2,1-4H3,(H,28,31)/t14-,15-,20-/m1/s1. The molecule has 3 atom stereocenters. The Labute approximate surface area is 202 Å². The number of likely N-dealkylation sites (N-methyl/N-ethyl adjacent to an activating group) is 1. The summed E-state index contributed by atoms with van der Waals surface area (Å²) in [6.45, 7) is 4.58. The number of methoxy groups -OCH3 is 1. The molecule has 1 aliphatic carbocycles. The summed E-state index contributed by atoms with van der Waals surface area (Å²) in [6, 6.07) is 3.77. The van der Waals surface area contributed by atoms with Crippen LogP contribution >= 0.6 is 0 Å². The predicted molar refractivity (Wildman–Crippen MR) is 122 cm³/mol. The van der Waals surface area contributed by atoms with E-state index in [2.05, 4.69) is 5.32 Å². The summed E-state index contributed by atoms with van der Waals surface area (Å²) in [5.41, 5.74) is 0.263. The van der Waals surface area contributed by atoms with Crippen LogP contribution in [0.1, 0.15) is 43.5 Å². The van der Waals surface area contributed by atoms with Gasteiger partial charge in [-0.25, -0.2) is 0 Å². The molecule has 1 saturated carbocycles. The van der Waals surface area contributed by atoms with Gasteiger partial charge >= 0.3 is 6.18 Å². The minimum Gasteiger partial charge on any atom is -0.491 e. The van der Waals surface area contributed by atoms with Gasteiger partial charge in [0, 0.05) is 50.8 Å². The summed E-state index contributed by atoms with van der Waals surface area (Å²) in [5, 5.41) is 2.20. The number of hydrogen-bond acceptors (Lipinski definition) is 5. The number of nitrogens with one attached hydrogen (secondary N) is 1. The number of halogens is 3. The van der Waals surface area contributed by atoms with Crippen molar-refractivity contribution in [1.82, 2.24) is 9.80 Å². The van der Waals surface area contributed by atoms with Crippen LogP contribution in [0.5, 0.6) is 5.75 Å². The van der Waals surface area contributed by atoms with E-state index >= 15 is 0 Å². The number of amides is 3. The van der Waals surface area contributed by atoms with Crippen molar-refractivity contribution in [2.75, 3.05) is 39.2 Å². The van der Waals surface area contributed by atoms with Crippen molar-refractivity contribution in [1.29, 1.82) is 0 Å². The zero-order chi connectivity index (χ0) is 25.9. The highest BCUT2D eigenvalue weighted by molar-refractivity contribution is 5.98. The molecule has 3 rings (SSSR count). The van der Waals surface area contributed by atoms with Crippen LogP contribution in [0.15, 0.2) is 18.2 Å². The first-order valence-corrected chi connectivity index (χ1v) is 11.6. The van der Waals surface area contributed by atoms with Crippen molar-refractivity contribution in [3.63, 3.8) is 0 Å². The summed E-state index contributed by atoms with van der Waals surface area (Å²) in [7, 11) is 3.18. The normalized spacial score (nSPS) is 24.1. The molecule has 11 heteroatoms. The van der Waals surface area contributed by atoms with Gasteiger partial charge in [-0.2, -0.15) is 13.2 Å². The lowest BCUT2D eigenvalue weighted by atomic mass is 10.0. The minimum absolute atomic E-state index is 0.00513. The van der Waals surface area contributed by atoms with Crippen LogP contribution < -0.4 is 10.1 Å². The second-order valence-corrected chi connectivity index (χ2v) is 9.41. The van der Waals surface area contributed by atoms with E-state index < -0.39 is 18.5 Å². The average molecular weight is 500 g/mol. The van der Waals surface area contributed by atoms with Crippen LogP contribution in [0.2, 0.25) is 0 Å². The van der Waals surface area contributed by atoms with E-state index in [1.807, 2.05) is 13.8 Å². The van der Waals surface area contributed by atoms with Crippen LogP contribution in [0.4, 0.5) is 18.9 Å². The Morgan fingerprint density at radius 1 is 1.20 bits per heavy atom. The Morgan fingerprint density at radius 3 is 2.49 bits per heavy atom. The molecule has 0 saturated heterocycles. The maximum Gasteiger partial charge on any atom is 0.397 e. The van der Waals surface area contributed by atoms with Crippen LogP contribution in [0, 0.1) is 11.8 Å². The molecular weight excluding hydrogens is 467 g/mol. The van der Waals surface area contributed by atoms with Gasteiger partial charge < -0.3 is 24.6 Å². The molecule has 2 aliphatic rings. The van der Waals surface area contributed by atoms with Gasteiger partial charge in [0.1, 0.15) is 18.8 Å². The van der Waals surface area contributed by atoms with Crippen molar-refractivity contribution in [2.45, 2.75) is 51.4 Å². The van der Waals surface area contributed by atoms with Gasteiger partial charge in [-0.3, -0.25) is 14.4 Å². The monoisotopic (exact) mass is 499 g/mol. The lowest BCUT2D eigenvalue weighted by Gasteiger charge is -2.36. The second-order valence-electron chi connectivity index (χ2n) is 9.41. The molecular formula is C24H32F3N3O5. The van der Waals surface area contributed by atoms with Crippen LogP contribution in [-0.4, -0.2) is 79.7 Å². The smallest absolute Gasteiger partial charge is 0.397 e. The van der Waals surface area contributed by atoms with Gasteiger partial charge in [0.05, 0.1) is 17.7 Å². The number of hydrogen-bond donors (Lipinski definition) is 1. The molecule has 1 heterocycles. The highest BCUT2D eigenvalue weighted by Gasteiger charge is 2.37. The minimum atomic E-state index is -4.64. The summed E-state index contributed by atoms with van der Waals surface area (Å²) in [5.74, 6) is -1.46. The van der Waals surface area contributed by atoms with Gasteiger partial charge in [-0.15, -0.1) is 0 Å². The van der Waals surface area contributed by atoms with E-state index in [1.54, 1.807) is 19.1 Å². The highest BCUT2D eigenvalue weighted by atomic mass is 19.4. The second kappa shape index (κ2) is 10.8. The highest BCUT2D eigenvalue weighted by Crippen LogP contribution is 2.33. The molecule has 0 unspecified atom stereocenters. The van der Waals surface area contributed by atoms with E-state index in [0.717, 1.165) is 12.8 Å². The lowest BCUT2D eigenvalue weighted by Crippen LogP contribution is -2.49. The number of carbonyl (C=O) groups excluding carboxylic acids is 3. The molecule has 1 fully saturated rings. The van der Waals surface area contributed by atoms with E-state index in [0.29, 0.717) is 6.54 Å². The molecule has 0 spiro atoms. The fourth-order valence-corrected chi connectivity index (χ4v) is 4.11. The maximum atomic E-state index is 13.2. The molecule has 1 aliphatic heterocycles. The zero-order valence-corrected chi connectivity index (χ0v) is 20.4. The van der Waals surface area contributed by atoms with Crippen molar-refractivity contribution >= 4 is 23.4 Å². The molecule has 8 nitrogen and oxygen atoms in total. The SMILES string of the molecule is CO[C@@H]1CN(C)C(=O)c2ccc(NC(=O)CC(F)(F)F)cc2OC[C@@H](C)N(C(=O)C2CC2)C[C@H]1C. The number of alkyl halides is 3. The van der Waals surface area contributed by atoms with E-state index in [4.69, 9.17) is 9.47 Å². The third-order valence-corrected chi connectivity index (χ3v) is 6.30. The Morgan fingerprint density at radius 2 is 1.89 bits per heavy atom. The van der Waals surface area contributed by atoms with Gasteiger partial charge in [0.15, 0.2) is 0 Å². The summed E-state index contributed by atoms with van der Waals surface area (Å²) in [4.78, 5) is 41.2. The Bertz CT molecular complexity index is 951. The van der Waals surface area contributed by atoms with Crippen molar-refractivity contribution < 1.29 is 37.0 Å². The maximum absolute atomic E-state index is 13.2. The number of carbonyl (C=O) groups is 3. The molecule has 3 amide bonds. The van der Waals surface area contributed by atoms with E-state index in [-0.39, 0.29) is 65.9 Å². The van der Waals surface area contributed by atoms with Crippen LogP contribution in [0.3, 0.4) is 0 Å². The lowest BCUT2D eigenvalue weighted by molar-refractivity contribution is -0.150. The number of rotatable bonds is 4. The van der Waals surface area contributed by atoms with Crippen molar-refractivity contribution in [3.05, 3.63) is 23.8 Å². The molecule has 0 aromatic heterocycles. The quantitative estimate of drug-likeness (QED) is 0.687. The summed E-state index contributed by atoms with van der Waals surface area (Å²) < 4.78 is 49.2. The number of anilines is 1. The molecule has 1 aromatic rings. The first-order valence-electron chi connectivity index (χ1n) is 11.6. The first kappa shape index (κ1) is 26.8. The van der Waals surface area contributed by atoms with Crippen LogP contribution in [0.25, 0.3) is 0 Å². The molecule has 1 N–H and O–H groups in total.